The van der Waals surface area contributed by atoms with Gasteiger partial charge in [0.15, 0.2) is 0 Å². The summed E-state index contributed by atoms with van der Waals surface area (Å²) in [7, 11) is 1.35. The van der Waals surface area contributed by atoms with Gasteiger partial charge in [-0.05, 0) is 31.9 Å². The number of piperazine rings is 1. The average Bonchev–Trinajstić information content (AvgIpc) is 2.73. The molecule has 160 valence electrons. The molecule has 1 unspecified atom stereocenters. The Morgan fingerprint density at radius 3 is 1.93 bits per heavy atom. The molecule has 0 aliphatic carbocycles. The third-order valence-corrected chi connectivity index (χ3v) is 5.11. The summed E-state index contributed by atoms with van der Waals surface area (Å²) in [5.74, 6) is -0.439. The second-order valence-corrected chi connectivity index (χ2v) is 8.43. The molecule has 1 aliphatic heterocycles. The molecule has 2 aromatic rings. The van der Waals surface area contributed by atoms with E-state index in [1.54, 1.807) is 0 Å². The van der Waals surface area contributed by atoms with Gasteiger partial charge in [-0.1, -0.05) is 60.7 Å². The van der Waals surface area contributed by atoms with Crippen molar-refractivity contribution >= 4 is 12.1 Å². The van der Waals surface area contributed by atoms with Crippen molar-refractivity contribution in [3.05, 3.63) is 71.8 Å². The Labute approximate surface area is 178 Å². The normalized spacial score (nSPS) is 17.6. The standard InChI is InChI=1S/C24H30N2O4/c1-24(2,3)30-23(28)26-16-15-25(17-20(26)22(27)29-4)21(18-11-7-5-8-12-18)19-13-9-6-10-14-19/h5-14,20-21H,15-17H2,1-4H3. The van der Waals surface area contributed by atoms with Crippen LogP contribution in [0.4, 0.5) is 4.79 Å². The third-order valence-electron chi connectivity index (χ3n) is 5.11. The molecule has 0 N–H and O–H groups in total. The van der Waals surface area contributed by atoms with Gasteiger partial charge in [-0.15, -0.1) is 0 Å². The number of esters is 1. The number of methoxy groups -OCH3 is 1. The van der Waals surface area contributed by atoms with Crippen molar-refractivity contribution in [2.75, 3.05) is 26.7 Å². The summed E-state index contributed by atoms with van der Waals surface area (Å²) in [6.45, 7) is 6.80. The van der Waals surface area contributed by atoms with Gasteiger partial charge in [0, 0.05) is 19.6 Å². The molecule has 2 aromatic carbocycles. The number of nitrogens with zero attached hydrogens (tertiary/aromatic N) is 2. The fraction of sp³-hybridized carbons (Fsp3) is 0.417. The van der Waals surface area contributed by atoms with Crippen molar-refractivity contribution in [3.63, 3.8) is 0 Å². The van der Waals surface area contributed by atoms with Crippen LogP contribution >= 0.6 is 0 Å². The van der Waals surface area contributed by atoms with Gasteiger partial charge in [-0.2, -0.15) is 0 Å². The van der Waals surface area contributed by atoms with Crippen LogP contribution in [0.5, 0.6) is 0 Å². The Morgan fingerprint density at radius 2 is 1.47 bits per heavy atom. The lowest BCUT2D eigenvalue weighted by Gasteiger charge is -2.43. The third kappa shape index (κ3) is 5.19. The molecule has 0 bridgehead atoms. The van der Waals surface area contributed by atoms with E-state index in [1.165, 1.54) is 12.0 Å². The molecule has 30 heavy (non-hydrogen) atoms. The molecule has 1 fully saturated rings. The average molecular weight is 411 g/mol. The van der Waals surface area contributed by atoms with Crippen LogP contribution in [-0.2, 0) is 14.3 Å². The molecule has 1 amide bonds. The molecule has 0 aromatic heterocycles. The molecule has 1 atom stereocenters. The van der Waals surface area contributed by atoms with Crippen molar-refractivity contribution in [1.82, 2.24) is 9.80 Å². The first-order valence-corrected chi connectivity index (χ1v) is 10.2. The van der Waals surface area contributed by atoms with Crippen LogP contribution in [0, 0.1) is 0 Å². The van der Waals surface area contributed by atoms with Crippen LogP contribution < -0.4 is 0 Å². The molecule has 1 heterocycles. The van der Waals surface area contributed by atoms with Crippen molar-refractivity contribution in [2.24, 2.45) is 0 Å². The van der Waals surface area contributed by atoms with Crippen LogP contribution in [0.1, 0.15) is 37.9 Å². The van der Waals surface area contributed by atoms with E-state index in [9.17, 15) is 9.59 Å². The highest BCUT2D eigenvalue weighted by atomic mass is 16.6. The van der Waals surface area contributed by atoms with Crippen LogP contribution in [0.15, 0.2) is 60.7 Å². The molecule has 0 radical (unpaired) electrons. The van der Waals surface area contributed by atoms with E-state index >= 15 is 0 Å². The quantitative estimate of drug-likeness (QED) is 0.716. The number of carbonyl (C=O) groups is 2. The minimum atomic E-state index is -0.728. The summed E-state index contributed by atoms with van der Waals surface area (Å²) < 4.78 is 10.6. The number of carbonyl (C=O) groups excluding carboxylic acids is 2. The molecule has 3 rings (SSSR count). The van der Waals surface area contributed by atoms with E-state index in [1.807, 2.05) is 57.2 Å². The van der Waals surface area contributed by atoms with Gasteiger partial charge in [0.2, 0.25) is 0 Å². The van der Waals surface area contributed by atoms with E-state index in [0.717, 1.165) is 11.1 Å². The van der Waals surface area contributed by atoms with Gasteiger partial charge in [0.25, 0.3) is 0 Å². The minimum absolute atomic E-state index is 0.0275. The number of hydrogen-bond acceptors (Lipinski definition) is 5. The highest BCUT2D eigenvalue weighted by molar-refractivity contribution is 5.82. The van der Waals surface area contributed by atoms with Gasteiger partial charge in [-0.3, -0.25) is 9.80 Å². The summed E-state index contributed by atoms with van der Waals surface area (Å²) in [6, 6.07) is 19.6. The second kappa shape index (κ2) is 9.30. The minimum Gasteiger partial charge on any atom is -0.467 e. The van der Waals surface area contributed by atoms with E-state index in [0.29, 0.717) is 19.6 Å². The number of ether oxygens (including phenoxy) is 2. The van der Waals surface area contributed by atoms with Gasteiger partial charge in [0.1, 0.15) is 11.6 Å². The van der Waals surface area contributed by atoms with Gasteiger partial charge < -0.3 is 9.47 Å². The summed E-state index contributed by atoms with van der Waals surface area (Å²) in [5.41, 5.74) is 1.64. The topological polar surface area (TPSA) is 59.1 Å². The summed E-state index contributed by atoms with van der Waals surface area (Å²) in [4.78, 5) is 29.0. The van der Waals surface area contributed by atoms with Crippen molar-refractivity contribution < 1.29 is 19.1 Å². The predicted molar refractivity (Wildman–Crippen MR) is 115 cm³/mol. The molecule has 1 saturated heterocycles. The summed E-state index contributed by atoms with van der Waals surface area (Å²) >= 11 is 0. The van der Waals surface area contributed by atoms with E-state index < -0.39 is 23.7 Å². The van der Waals surface area contributed by atoms with Crippen molar-refractivity contribution in [2.45, 2.75) is 38.5 Å². The lowest BCUT2D eigenvalue weighted by atomic mass is 9.95. The van der Waals surface area contributed by atoms with Gasteiger partial charge in [0.05, 0.1) is 13.2 Å². The Kier molecular flexibility index (Phi) is 6.77. The van der Waals surface area contributed by atoms with Gasteiger partial charge >= 0.3 is 12.1 Å². The Bertz CT molecular complexity index is 809. The fourth-order valence-corrected chi connectivity index (χ4v) is 3.80. The first kappa shape index (κ1) is 21.8. The number of hydrogen-bond donors (Lipinski definition) is 0. The molecule has 6 heteroatoms. The Hall–Kier alpha value is -2.86. The van der Waals surface area contributed by atoms with Crippen LogP contribution in [-0.4, -0.2) is 60.2 Å². The maximum absolute atomic E-state index is 12.7. The highest BCUT2D eigenvalue weighted by Gasteiger charge is 2.40. The van der Waals surface area contributed by atoms with E-state index in [-0.39, 0.29) is 6.04 Å². The number of benzene rings is 2. The lowest BCUT2D eigenvalue weighted by molar-refractivity contribution is -0.149. The molecular weight excluding hydrogens is 380 g/mol. The lowest BCUT2D eigenvalue weighted by Crippen LogP contribution is -2.59. The largest absolute Gasteiger partial charge is 0.467 e. The number of amides is 1. The van der Waals surface area contributed by atoms with E-state index in [4.69, 9.17) is 9.47 Å². The smallest absolute Gasteiger partial charge is 0.411 e. The summed E-state index contributed by atoms with van der Waals surface area (Å²) in [5, 5.41) is 0. The zero-order valence-corrected chi connectivity index (χ0v) is 18.1. The SMILES string of the molecule is COC(=O)C1CN(C(c2ccccc2)c2ccccc2)CCN1C(=O)OC(C)(C)C. The summed E-state index contributed by atoms with van der Waals surface area (Å²) in [6.07, 6.45) is -0.492. The van der Waals surface area contributed by atoms with Crippen LogP contribution in [0.25, 0.3) is 0 Å². The zero-order chi connectivity index (χ0) is 21.7. The maximum atomic E-state index is 12.7. The number of rotatable bonds is 4. The highest BCUT2D eigenvalue weighted by Crippen LogP contribution is 2.31. The second-order valence-electron chi connectivity index (χ2n) is 8.43. The molecule has 0 saturated carbocycles. The van der Waals surface area contributed by atoms with Crippen LogP contribution in [0.2, 0.25) is 0 Å². The molecule has 1 aliphatic rings. The first-order chi connectivity index (χ1) is 14.3. The molecule has 0 spiro atoms. The predicted octanol–water partition coefficient (Wildman–Crippen LogP) is 3.87. The monoisotopic (exact) mass is 410 g/mol. The molecular formula is C24H30N2O4. The molecule has 6 nitrogen and oxygen atoms in total. The van der Waals surface area contributed by atoms with E-state index in [2.05, 4.69) is 29.2 Å². The van der Waals surface area contributed by atoms with Crippen LogP contribution in [0.3, 0.4) is 0 Å². The first-order valence-electron chi connectivity index (χ1n) is 10.2. The zero-order valence-electron chi connectivity index (χ0n) is 18.1. The Morgan fingerprint density at radius 1 is 0.933 bits per heavy atom. The maximum Gasteiger partial charge on any atom is 0.411 e. The van der Waals surface area contributed by atoms with Crippen molar-refractivity contribution in [1.29, 1.82) is 0 Å². The fourth-order valence-electron chi connectivity index (χ4n) is 3.80. The van der Waals surface area contributed by atoms with Crippen molar-refractivity contribution in [3.8, 4) is 0 Å². The Balaban J connectivity index is 1.90. The van der Waals surface area contributed by atoms with Gasteiger partial charge in [-0.25, -0.2) is 9.59 Å².